The third-order valence-electron chi connectivity index (χ3n) is 4.96. The molecule has 0 bridgehead atoms. The Bertz CT molecular complexity index is 578. The van der Waals surface area contributed by atoms with Gasteiger partial charge in [0.15, 0.2) is 5.82 Å². The average molecular weight is 333 g/mol. The molecule has 1 aromatic heterocycles. The summed E-state index contributed by atoms with van der Waals surface area (Å²) < 4.78 is 5.50. The Morgan fingerprint density at radius 3 is 2.54 bits per heavy atom. The summed E-state index contributed by atoms with van der Waals surface area (Å²) in [4.78, 5) is 18.9. The van der Waals surface area contributed by atoms with Crippen molar-refractivity contribution >= 4 is 17.3 Å². The molecule has 1 fully saturated rings. The monoisotopic (exact) mass is 333 g/mol. The van der Waals surface area contributed by atoms with Gasteiger partial charge in [-0.3, -0.25) is 4.79 Å². The van der Waals surface area contributed by atoms with Gasteiger partial charge in [0.25, 0.3) is 0 Å². The number of Topliss-reactive ketones (excluding diaryl/α,β-unsaturated/α-hetero) is 1. The van der Waals surface area contributed by atoms with E-state index in [2.05, 4.69) is 23.7 Å². The molecule has 0 spiro atoms. The highest BCUT2D eigenvalue weighted by Crippen LogP contribution is 2.32. The number of anilines is 2. The van der Waals surface area contributed by atoms with Crippen molar-refractivity contribution in [1.29, 1.82) is 0 Å². The number of ketones is 1. The van der Waals surface area contributed by atoms with Crippen LogP contribution < -0.4 is 10.6 Å². The fourth-order valence-electron chi connectivity index (χ4n) is 3.06. The highest BCUT2D eigenvalue weighted by molar-refractivity contribution is 5.87. The van der Waals surface area contributed by atoms with Crippen LogP contribution >= 0.6 is 0 Å². The van der Waals surface area contributed by atoms with Gasteiger partial charge in [-0.1, -0.05) is 13.8 Å². The molecule has 0 aliphatic carbocycles. The predicted molar refractivity (Wildman–Crippen MR) is 98.4 cm³/mol. The van der Waals surface area contributed by atoms with E-state index in [9.17, 15) is 4.79 Å². The molecule has 1 saturated heterocycles. The maximum absolute atomic E-state index is 11.9. The smallest absolute Gasteiger partial charge is 0.152 e. The zero-order chi connectivity index (χ0) is 17.9. The Balaban J connectivity index is 2.34. The van der Waals surface area contributed by atoms with Crippen LogP contribution in [0.3, 0.4) is 0 Å². The first kappa shape index (κ1) is 18.7. The number of hydrogen-bond donors (Lipinski definition) is 1. The number of carbonyl (C=O) groups is 1. The van der Waals surface area contributed by atoms with E-state index in [1.54, 1.807) is 13.1 Å². The number of carbonyl (C=O) groups excluding carboxylic acids is 1. The average Bonchev–Trinajstić information content (AvgIpc) is 2.53. The van der Waals surface area contributed by atoms with Gasteiger partial charge in [0, 0.05) is 37.4 Å². The second-order valence-electron chi connectivity index (χ2n) is 7.71. The molecule has 1 aliphatic heterocycles. The van der Waals surface area contributed by atoms with Crippen molar-refractivity contribution in [3.8, 4) is 0 Å². The van der Waals surface area contributed by atoms with E-state index >= 15 is 0 Å². The van der Waals surface area contributed by atoms with Crippen molar-refractivity contribution in [1.82, 2.24) is 4.98 Å². The number of nitrogens with zero attached hydrogens (tertiary/aromatic N) is 2. The molecule has 134 valence electrons. The van der Waals surface area contributed by atoms with Crippen molar-refractivity contribution in [3.63, 3.8) is 0 Å². The lowest BCUT2D eigenvalue weighted by Crippen LogP contribution is -2.42. The first-order valence-electron chi connectivity index (χ1n) is 8.85. The van der Waals surface area contributed by atoms with Crippen LogP contribution in [0.25, 0.3) is 0 Å². The summed E-state index contributed by atoms with van der Waals surface area (Å²) in [5.41, 5.74) is 7.30. The molecule has 1 aliphatic rings. The second-order valence-corrected chi connectivity index (χ2v) is 7.71. The Hall–Kier alpha value is -1.62. The number of pyridine rings is 1. The van der Waals surface area contributed by atoms with Crippen LogP contribution in [0.5, 0.6) is 0 Å². The van der Waals surface area contributed by atoms with Gasteiger partial charge in [0.05, 0.1) is 5.69 Å². The van der Waals surface area contributed by atoms with Crippen LogP contribution in [0.15, 0.2) is 12.3 Å². The molecule has 5 heteroatoms. The van der Waals surface area contributed by atoms with Crippen LogP contribution in [0.1, 0.15) is 53.0 Å². The van der Waals surface area contributed by atoms with E-state index < -0.39 is 5.41 Å². The summed E-state index contributed by atoms with van der Waals surface area (Å²) in [6.45, 7) is 12.3. The van der Waals surface area contributed by atoms with Gasteiger partial charge in [-0.15, -0.1) is 0 Å². The van der Waals surface area contributed by atoms with E-state index in [0.29, 0.717) is 17.6 Å². The molecule has 2 N–H and O–H groups in total. The van der Waals surface area contributed by atoms with E-state index in [1.165, 1.54) is 0 Å². The molecule has 24 heavy (non-hydrogen) atoms. The van der Waals surface area contributed by atoms with Crippen molar-refractivity contribution < 1.29 is 9.53 Å². The number of nitrogen functional groups attached to an aromatic ring is 1. The summed E-state index contributed by atoms with van der Waals surface area (Å²) in [6, 6.07) is 2.32. The van der Waals surface area contributed by atoms with Crippen LogP contribution in [0, 0.1) is 5.92 Å². The summed E-state index contributed by atoms with van der Waals surface area (Å²) in [7, 11) is 0. The Morgan fingerprint density at radius 1 is 1.42 bits per heavy atom. The van der Waals surface area contributed by atoms with Gasteiger partial charge in [0.1, 0.15) is 5.78 Å². The predicted octanol–water partition coefficient (Wildman–Crippen LogP) is 3.17. The standard InChI is InChI=1S/C19H31N3O2/c1-13(2)12-22(16-6-8-24-9-7-16)18-17(20)10-15(11-21-18)19(4,5)14(3)23/h10-11,13,16H,6-9,12,20H2,1-5H3. The number of rotatable bonds is 6. The zero-order valence-corrected chi connectivity index (χ0v) is 15.6. The lowest BCUT2D eigenvalue weighted by atomic mass is 9.82. The van der Waals surface area contributed by atoms with Gasteiger partial charge in [-0.05, 0) is 51.2 Å². The molecule has 0 saturated carbocycles. The maximum Gasteiger partial charge on any atom is 0.152 e. The third kappa shape index (κ3) is 4.07. The van der Waals surface area contributed by atoms with E-state index in [-0.39, 0.29) is 5.78 Å². The van der Waals surface area contributed by atoms with Gasteiger partial charge >= 0.3 is 0 Å². The third-order valence-corrected chi connectivity index (χ3v) is 4.96. The first-order valence-corrected chi connectivity index (χ1v) is 8.85. The Labute approximate surface area is 145 Å². The van der Waals surface area contributed by atoms with Crippen molar-refractivity contribution in [3.05, 3.63) is 17.8 Å². The van der Waals surface area contributed by atoms with Crippen molar-refractivity contribution in [2.24, 2.45) is 5.92 Å². The minimum Gasteiger partial charge on any atom is -0.396 e. The fourth-order valence-corrected chi connectivity index (χ4v) is 3.06. The zero-order valence-electron chi connectivity index (χ0n) is 15.6. The summed E-state index contributed by atoms with van der Waals surface area (Å²) in [6.07, 6.45) is 3.79. The van der Waals surface area contributed by atoms with Crippen LogP contribution in [0.2, 0.25) is 0 Å². The maximum atomic E-state index is 11.9. The Morgan fingerprint density at radius 2 is 2.04 bits per heavy atom. The topological polar surface area (TPSA) is 68.5 Å². The summed E-state index contributed by atoms with van der Waals surface area (Å²) in [5, 5.41) is 0. The lowest BCUT2D eigenvalue weighted by molar-refractivity contribution is -0.121. The first-order chi connectivity index (χ1) is 11.2. The highest BCUT2D eigenvalue weighted by Gasteiger charge is 2.29. The molecule has 5 nitrogen and oxygen atoms in total. The highest BCUT2D eigenvalue weighted by atomic mass is 16.5. The fraction of sp³-hybridized carbons (Fsp3) is 0.684. The Kier molecular flexibility index (Phi) is 5.86. The van der Waals surface area contributed by atoms with Gasteiger partial charge < -0.3 is 15.4 Å². The van der Waals surface area contributed by atoms with Crippen LogP contribution in [-0.2, 0) is 14.9 Å². The van der Waals surface area contributed by atoms with Gasteiger partial charge in [0.2, 0.25) is 0 Å². The molecule has 2 heterocycles. The molecule has 0 unspecified atom stereocenters. The molecular weight excluding hydrogens is 302 g/mol. The second kappa shape index (κ2) is 7.51. The van der Waals surface area contributed by atoms with E-state index in [4.69, 9.17) is 10.5 Å². The number of hydrogen-bond acceptors (Lipinski definition) is 5. The molecule has 0 radical (unpaired) electrons. The molecule has 0 atom stereocenters. The van der Waals surface area contributed by atoms with E-state index in [0.717, 1.165) is 44.0 Å². The largest absolute Gasteiger partial charge is 0.396 e. The molecule has 2 rings (SSSR count). The lowest BCUT2D eigenvalue weighted by Gasteiger charge is -2.37. The number of aromatic nitrogens is 1. The molecule has 1 aromatic rings. The normalized spacial score (nSPS) is 16.4. The number of ether oxygens (including phenoxy) is 1. The SMILES string of the molecule is CC(=O)C(C)(C)c1cnc(N(CC(C)C)C2CCOCC2)c(N)c1. The van der Waals surface area contributed by atoms with E-state index in [1.807, 2.05) is 19.9 Å². The van der Waals surface area contributed by atoms with Crippen LogP contribution in [0.4, 0.5) is 11.5 Å². The number of nitrogens with two attached hydrogens (primary N) is 1. The molecule has 0 amide bonds. The minimum absolute atomic E-state index is 0.111. The molecular formula is C19H31N3O2. The van der Waals surface area contributed by atoms with Crippen LogP contribution in [-0.4, -0.2) is 36.6 Å². The van der Waals surface area contributed by atoms with Gasteiger partial charge in [-0.25, -0.2) is 4.98 Å². The van der Waals surface area contributed by atoms with Crippen molar-refractivity contribution in [2.45, 2.75) is 58.9 Å². The summed E-state index contributed by atoms with van der Waals surface area (Å²) in [5.74, 6) is 1.46. The minimum atomic E-state index is -0.568. The summed E-state index contributed by atoms with van der Waals surface area (Å²) >= 11 is 0. The molecule has 0 aromatic carbocycles. The van der Waals surface area contributed by atoms with Gasteiger partial charge in [-0.2, -0.15) is 0 Å². The van der Waals surface area contributed by atoms with Crippen molar-refractivity contribution in [2.75, 3.05) is 30.4 Å². The quantitative estimate of drug-likeness (QED) is 0.866.